The number of hydrogen-bond acceptors (Lipinski definition) is 6. The summed E-state index contributed by atoms with van der Waals surface area (Å²) in [5.74, 6) is -0.236. The van der Waals surface area contributed by atoms with Crippen LogP contribution in [0.2, 0.25) is 0 Å². The summed E-state index contributed by atoms with van der Waals surface area (Å²) in [5.41, 5.74) is 7.95. The van der Waals surface area contributed by atoms with Crippen molar-refractivity contribution in [3.8, 4) is 0 Å². The highest BCUT2D eigenvalue weighted by atomic mass is 16.5. The quantitative estimate of drug-likeness (QED) is 0.529. The van der Waals surface area contributed by atoms with E-state index in [1.807, 2.05) is 6.92 Å². The van der Waals surface area contributed by atoms with Gasteiger partial charge in [0.05, 0.1) is 5.69 Å². The van der Waals surface area contributed by atoms with Gasteiger partial charge in [-0.3, -0.25) is 14.8 Å². The summed E-state index contributed by atoms with van der Waals surface area (Å²) in [6, 6.07) is 5.07. The van der Waals surface area contributed by atoms with Gasteiger partial charge in [0.2, 0.25) is 0 Å². The first-order valence-electron chi connectivity index (χ1n) is 9.01. The lowest BCUT2D eigenvalue weighted by Gasteiger charge is -2.38. The summed E-state index contributed by atoms with van der Waals surface area (Å²) in [5, 5.41) is 19.6. The number of hydrogen-bond donors (Lipinski definition) is 3. The smallest absolute Gasteiger partial charge is 0.273 e. The van der Waals surface area contributed by atoms with Crippen LogP contribution in [-0.4, -0.2) is 64.2 Å². The summed E-state index contributed by atoms with van der Waals surface area (Å²) >= 11 is 0. The summed E-state index contributed by atoms with van der Waals surface area (Å²) in [6.45, 7) is 3.26. The van der Waals surface area contributed by atoms with E-state index in [9.17, 15) is 14.8 Å². The number of aliphatic hydroxyl groups is 1. The molecule has 0 aromatic heterocycles. The third-order valence-electron chi connectivity index (χ3n) is 4.69. The van der Waals surface area contributed by atoms with Crippen LogP contribution >= 0.6 is 0 Å². The van der Waals surface area contributed by atoms with Crippen LogP contribution in [0, 0.1) is 5.92 Å². The molecule has 4 N–H and O–H groups in total. The van der Waals surface area contributed by atoms with Crippen LogP contribution in [0.3, 0.4) is 0 Å². The Hall–Kier alpha value is -2.71. The fourth-order valence-corrected chi connectivity index (χ4v) is 3.17. The number of aliphatic imine (C=N–C) groups is 1. The predicted octanol–water partition coefficient (Wildman–Crippen LogP) is 1.15. The Morgan fingerprint density at radius 1 is 1.37 bits per heavy atom. The zero-order chi connectivity index (χ0) is 19.6. The molecule has 0 bridgehead atoms. The van der Waals surface area contributed by atoms with Crippen LogP contribution in [-0.2, 0) is 4.79 Å². The van der Waals surface area contributed by atoms with E-state index in [0.717, 1.165) is 0 Å². The number of benzene rings is 1. The first kappa shape index (κ1) is 19.1. The number of nitrogens with zero attached hydrogens (tertiary/aromatic N) is 3. The molecule has 0 aliphatic carbocycles. The second-order valence-electron chi connectivity index (χ2n) is 6.91. The van der Waals surface area contributed by atoms with E-state index in [4.69, 9.17) is 10.8 Å². The van der Waals surface area contributed by atoms with Gasteiger partial charge in [-0.25, -0.2) is 10.1 Å². The van der Waals surface area contributed by atoms with Crippen LogP contribution in [0.5, 0.6) is 0 Å². The van der Waals surface area contributed by atoms with E-state index in [2.05, 4.69) is 4.99 Å². The maximum atomic E-state index is 12.5. The van der Waals surface area contributed by atoms with Gasteiger partial charge in [0, 0.05) is 55.3 Å². The standard InChI is InChI=1S/C19H24N4O4/c1-2-5-23(27)19(26)15-6-13-3-4-14(7-16(13)21-17(20)8-15)18(25)22-9-12(10-22)11-24/h3-4,6-7,12,24,27H,2,5,8-11H2,1H3,(H2,20,21). The number of carbonyl (C=O) groups excluding carboxylic acids is 2. The van der Waals surface area contributed by atoms with Crippen LogP contribution in [0.25, 0.3) is 6.08 Å². The average molecular weight is 372 g/mol. The van der Waals surface area contributed by atoms with Crippen molar-refractivity contribution in [1.29, 1.82) is 0 Å². The van der Waals surface area contributed by atoms with Gasteiger partial charge in [-0.05, 0) is 24.6 Å². The number of amidine groups is 1. The van der Waals surface area contributed by atoms with E-state index in [1.165, 1.54) is 0 Å². The maximum absolute atomic E-state index is 12.5. The molecule has 0 unspecified atom stereocenters. The molecule has 0 atom stereocenters. The van der Waals surface area contributed by atoms with Crippen LogP contribution in [0.1, 0.15) is 35.7 Å². The number of amides is 2. The molecule has 1 aromatic carbocycles. The molecule has 8 nitrogen and oxygen atoms in total. The molecule has 1 saturated heterocycles. The molecule has 2 heterocycles. The van der Waals surface area contributed by atoms with E-state index in [0.29, 0.717) is 47.0 Å². The number of rotatable bonds is 5. The molecule has 8 heteroatoms. The average Bonchev–Trinajstić information content (AvgIpc) is 2.77. The molecule has 0 radical (unpaired) electrons. The van der Waals surface area contributed by atoms with Crippen molar-refractivity contribution in [1.82, 2.24) is 9.96 Å². The number of aliphatic hydroxyl groups excluding tert-OH is 1. The molecule has 2 amide bonds. The topological polar surface area (TPSA) is 119 Å². The summed E-state index contributed by atoms with van der Waals surface area (Å²) in [6.07, 6.45) is 2.41. The van der Waals surface area contributed by atoms with Crippen molar-refractivity contribution >= 4 is 29.4 Å². The van der Waals surface area contributed by atoms with Gasteiger partial charge in [0.15, 0.2) is 0 Å². The lowest BCUT2D eigenvalue weighted by Crippen LogP contribution is -2.51. The normalized spacial score (nSPS) is 16.6. The first-order valence-corrected chi connectivity index (χ1v) is 9.01. The fourth-order valence-electron chi connectivity index (χ4n) is 3.17. The lowest BCUT2D eigenvalue weighted by atomic mass is 9.99. The molecule has 144 valence electrons. The number of fused-ring (bicyclic) bond motifs is 1. The molecule has 0 spiro atoms. The lowest BCUT2D eigenvalue weighted by molar-refractivity contribution is -0.160. The Labute approximate surface area is 157 Å². The molecule has 1 aromatic rings. The zero-order valence-electron chi connectivity index (χ0n) is 15.3. The van der Waals surface area contributed by atoms with Gasteiger partial charge < -0.3 is 15.7 Å². The largest absolute Gasteiger partial charge is 0.396 e. The number of nitrogens with two attached hydrogens (primary N) is 1. The van der Waals surface area contributed by atoms with Gasteiger partial charge in [-0.15, -0.1) is 0 Å². The van der Waals surface area contributed by atoms with Gasteiger partial charge in [0.25, 0.3) is 11.8 Å². The molecule has 27 heavy (non-hydrogen) atoms. The van der Waals surface area contributed by atoms with Crippen molar-refractivity contribution in [3.05, 3.63) is 34.9 Å². The minimum Gasteiger partial charge on any atom is -0.396 e. The van der Waals surface area contributed by atoms with Crippen molar-refractivity contribution in [2.75, 3.05) is 26.2 Å². The minimum atomic E-state index is -0.501. The van der Waals surface area contributed by atoms with Gasteiger partial charge in [-0.1, -0.05) is 13.0 Å². The zero-order valence-corrected chi connectivity index (χ0v) is 15.3. The van der Waals surface area contributed by atoms with Crippen LogP contribution < -0.4 is 5.73 Å². The monoisotopic (exact) mass is 372 g/mol. The molecule has 0 saturated carbocycles. The Kier molecular flexibility index (Phi) is 5.57. The van der Waals surface area contributed by atoms with Gasteiger partial charge in [-0.2, -0.15) is 0 Å². The Balaban J connectivity index is 1.85. The fraction of sp³-hybridized carbons (Fsp3) is 0.421. The highest BCUT2D eigenvalue weighted by Gasteiger charge is 2.31. The van der Waals surface area contributed by atoms with Crippen LogP contribution in [0.4, 0.5) is 5.69 Å². The van der Waals surface area contributed by atoms with Crippen molar-refractivity contribution in [3.63, 3.8) is 0 Å². The number of carbonyl (C=O) groups is 2. The SMILES string of the molecule is CCCN(O)C(=O)C1=Cc2ccc(C(=O)N3CC(CO)C3)cc2N=C(N)C1. The number of likely N-dealkylation sites (tertiary alicyclic amines) is 1. The van der Waals surface area contributed by atoms with E-state index < -0.39 is 5.91 Å². The summed E-state index contributed by atoms with van der Waals surface area (Å²) in [7, 11) is 0. The van der Waals surface area contributed by atoms with E-state index in [1.54, 1.807) is 29.2 Å². The first-order chi connectivity index (χ1) is 12.9. The molecule has 1 fully saturated rings. The highest BCUT2D eigenvalue weighted by Crippen LogP contribution is 2.29. The second kappa shape index (κ2) is 7.89. The number of hydroxylamine groups is 2. The minimum absolute atomic E-state index is 0.0797. The van der Waals surface area contributed by atoms with Gasteiger partial charge in [0.1, 0.15) is 5.84 Å². The Bertz CT molecular complexity index is 812. The Morgan fingerprint density at radius 2 is 2.11 bits per heavy atom. The van der Waals surface area contributed by atoms with Gasteiger partial charge >= 0.3 is 0 Å². The third-order valence-corrected chi connectivity index (χ3v) is 4.69. The third kappa shape index (κ3) is 4.01. The molecule has 2 aliphatic rings. The van der Waals surface area contributed by atoms with Crippen molar-refractivity contribution < 1.29 is 19.9 Å². The molecular formula is C19H24N4O4. The van der Waals surface area contributed by atoms with E-state index >= 15 is 0 Å². The molecule has 2 aliphatic heterocycles. The molecular weight excluding hydrogens is 348 g/mol. The van der Waals surface area contributed by atoms with Crippen molar-refractivity contribution in [2.45, 2.75) is 19.8 Å². The van der Waals surface area contributed by atoms with Crippen LogP contribution in [0.15, 0.2) is 28.8 Å². The Morgan fingerprint density at radius 3 is 2.78 bits per heavy atom. The van der Waals surface area contributed by atoms with Crippen molar-refractivity contribution in [2.24, 2.45) is 16.6 Å². The summed E-state index contributed by atoms with van der Waals surface area (Å²) < 4.78 is 0. The predicted molar refractivity (Wildman–Crippen MR) is 101 cm³/mol. The van der Waals surface area contributed by atoms with E-state index in [-0.39, 0.29) is 37.2 Å². The maximum Gasteiger partial charge on any atom is 0.273 e. The second-order valence-corrected chi connectivity index (χ2v) is 6.91. The summed E-state index contributed by atoms with van der Waals surface area (Å²) in [4.78, 5) is 30.9. The highest BCUT2D eigenvalue weighted by molar-refractivity contribution is 6.05. The molecule has 3 rings (SSSR count).